The van der Waals surface area contributed by atoms with Crippen molar-refractivity contribution in [1.29, 1.82) is 0 Å². The van der Waals surface area contributed by atoms with Crippen molar-refractivity contribution in [3.63, 3.8) is 0 Å². The van der Waals surface area contributed by atoms with E-state index in [0.29, 0.717) is 35.8 Å². The van der Waals surface area contributed by atoms with Crippen LogP contribution in [-0.4, -0.2) is 45.2 Å². The van der Waals surface area contributed by atoms with E-state index in [1.165, 1.54) is 0 Å². The molecule has 0 spiro atoms. The second-order valence-electron chi connectivity index (χ2n) is 12.2. The van der Waals surface area contributed by atoms with E-state index < -0.39 is 9.84 Å². The van der Waals surface area contributed by atoms with Gasteiger partial charge in [-0.1, -0.05) is 53.1 Å². The Kier molecular flexibility index (Phi) is 8.51. The highest BCUT2D eigenvalue weighted by molar-refractivity contribution is 7.91. The molecule has 198 valence electrons. The fourth-order valence-electron chi connectivity index (χ4n) is 4.82. The molecule has 0 unspecified atom stereocenters. The number of halogens is 1. The van der Waals surface area contributed by atoms with Crippen LogP contribution in [0.4, 0.5) is 0 Å². The van der Waals surface area contributed by atoms with E-state index in [9.17, 15) is 13.2 Å². The van der Waals surface area contributed by atoms with E-state index >= 15 is 0 Å². The van der Waals surface area contributed by atoms with Crippen LogP contribution in [0.2, 0.25) is 5.02 Å². The normalized spacial score (nSPS) is 15.7. The monoisotopic (exact) mass is 533 g/mol. The molecule has 2 aromatic carbocycles. The van der Waals surface area contributed by atoms with E-state index in [0.717, 1.165) is 28.9 Å². The van der Waals surface area contributed by atoms with Gasteiger partial charge in [-0.15, -0.1) is 0 Å². The number of ether oxygens (including phenoxy) is 1. The second-order valence-corrected chi connectivity index (χ2v) is 14.6. The lowest BCUT2D eigenvalue weighted by Gasteiger charge is -2.33. The summed E-state index contributed by atoms with van der Waals surface area (Å²) in [6.07, 6.45) is 2.08. The van der Waals surface area contributed by atoms with Gasteiger partial charge in [-0.25, -0.2) is 8.42 Å². The van der Waals surface area contributed by atoms with Crippen molar-refractivity contribution in [2.45, 2.75) is 71.1 Å². The zero-order valence-electron chi connectivity index (χ0n) is 22.7. The minimum Gasteiger partial charge on any atom is -0.496 e. The lowest BCUT2D eigenvalue weighted by Crippen LogP contribution is -2.40. The molecule has 0 aliphatic carbocycles. The van der Waals surface area contributed by atoms with Gasteiger partial charge in [-0.05, 0) is 78.0 Å². The maximum atomic E-state index is 13.8. The number of rotatable bonds is 6. The van der Waals surface area contributed by atoms with Gasteiger partial charge in [0, 0.05) is 29.2 Å². The van der Waals surface area contributed by atoms with Crippen molar-refractivity contribution in [2.24, 2.45) is 11.3 Å². The first-order valence-corrected chi connectivity index (χ1v) is 14.6. The molecule has 0 radical (unpaired) electrons. The Morgan fingerprint density at radius 2 is 1.61 bits per heavy atom. The first kappa shape index (κ1) is 28.5. The molecule has 3 rings (SSSR count). The number of sulfone groups is 1. The highest BCUT2D eigenvalue weighted by Gasteiger charge is 2.31. The summed E-state index contributed by atoms with van der Waals surface area (Å²) >= 11 is 5.91. The van der Waals surface area contributed by atoms with Gasteiger partial charge in [0.2, 0.25) is 0 Å². The molecule has 2 aromatic rings. The quantitative estimate of drug-likeness (QED) is 0.421. The molecule has 1 saturated heterocycles. The van der Waals surface area contributed by atoms with Crippen LogP contribution in [0, 0.1) is 11.3 Å². The molecular weight excluding hydrogens is 494 g/mol. The highest BCUT2D eigenvalue weighted by Crippen LogP contribution is 2.37. The number of benzene rings is 2. The van der Waals surface area contributed by atoms with Gasteiger partial charge in [0.15, 0.2) is 9.84 Å². The standard InChI is InChI=1S/C29H40ClNO4S/c1-28(2,3)18-21-16-26(35-7)25(29(4,5)6)17-24(21)27(32)31-14-12-20(13-15-31)19-36(33,34)23-10-8-22(30)9-11-23/h8-11,16-17,20H,12-15,18-19H2,1-7H3. The summed E-state index contributed by atoms with van der Waals surface area (Å²) < 4.78 is 31.5. The topological polar surface area (TPSA) is 63.7 Å². The Morgan fingerprint density at radius 1 is 1.03 bits per heavy atom. The molecular formula is C29H40ClNO4S. The Hall–Kier alpha value is -2.05. The summed E-state index contributed by atoms with van der Waals surface area (Å²) in [5, 5.41) is 0.514. The summed E-state index contributed by atoms with van der Waals surface area (Å²) in [6, 6.07) is 10.4. The van der Waals surface area contributed by atoms with E-state index in [-0.39, 0.29) is 28.4 Å². The van der Waals surface area contributed by atoms with E-state index in [4.69, 9.17) is 16.3 Å². The molecule has 36 heavy (non-hydrogen) atoms. The first-order valence-electron chi connectivity index (χ1n) is 12.6. The Morgan fingerprint density at radius 3 is 2.11 bits per heavy atom. The molecule has 1 aliphatic heterocycles. The summed E-state index contributed by atoms with van der Waals surface area (Å²) in [4.78, 5) is 16.0. The zero-order valence-corrected chi connectivity index (χ0v) is 24.2. The van der Waals surface area contributed by atoms with Gasteiger partial charge >= 0.3 is 0 Å². The van der Waals surface area contributed by atoms with Crippen molar-refractivity contribution in [3.05, 3.63) is 58.1 Å². The number of carbonyl (C=O) groups excluding carboxylic acids is 1. The number of amides is 1. The molecule has 1 aliphatic rings. The fraction of sp³-hybridized carbons (Fsp3) is 0.552. The van der Waals surface area contributed by atoms with Crippen LogP contribution in [0.15, 0.2) is 41.3 Å². The third-order valence-corrected chi connectivity index (χ3v) is 8.87. The molecule has 0 atom stereocenters. The maximum Gasteiger partial charge on any atom is 0.254 e. The molecule has 7 heteroatoms. The number of carbonyl (C=O) groups is 1. The Labute approximate surface area is 222 Å². The number of piperidine rings is 1. The number of nitrogens with zero attached hydrogens (tertiary/aromatic N) is 1. The number of hydrogen-bond acceptors (Lipinski definition) is 4. The molecule has 0 bridgehead atoms. The van der Waals surface area contributed by atoms with E-state index in [1.54, 1.807) is 31.4 Å². The molecule has 1 amide bonds. The Bertz CT molecular complexity index is 1180. The van der Waals surface area contributed by atoms with Gasteiger partial charge in [0.25, 0.3) is 5.91 Å². The average Bonchev–Trinajstić information content (AvgIpc) is 2.77. The molecule has 1 heterocycles. The van der Waals surface area contributed by atoms with Crippen molar-refractivity contribution < 1.29 is 17.9 Å². The van der Waals surface area contributed by atoms with Crippen LogP contribution in [0.3, 0.4) is 0 Å². The van der Waals surface area contributed by atoms with Crippen molar-refractivity contribution in [3.8, 4) is 5.75 Å². The number of hydrogen-bond donors (Lipinski definition) is 0. The maximum absolute atomic E-state index is 13.8. The van der Waals surface area contributed by atoms with Crippen LogP contribution in [0.5, 0.6) is 5.75 Å². The highest BCUT2D eigenvalue weighted by atomic mass is 35.5. The predicted molar refractivity (Wildman–Crippen MR) is 147 cm³/mol. The average molecular weight is 534 g/mol. The summed E-state index contributed by atoms with van der Waals surface area (Å²) in [6.45, 7) is 13.9. The smallest absolute Gasteiger partial charge is 0.254 e. The van der Waals surface area contributed by atoms with Gasteiger partial charge in [0.05, 0.1) is 17.8 Å². The molecule has 0 aromatic heterocycles. The van der Waals surface area contributed by atoms with Crippen LogP contribution >= 0.6 is 11.6 Å². The molecule has 1 fully saturated rings. The number of likely N-dealkylation sites (tertiary alicyclic amines) is 1. The SMILES string of the molecule is COc1cc(CC(C)(C)C)c(C(=O)N2CCC(CS(=O)(=O)c3ccc(Cl)cc3)CC2)cc1C(C)(C)C. The summed E-state index contributed by atoms with van der Waals surface area (Å²) in [5.41, 5.74) is 2.55. The minimum atomic E-state index is -3.40. The summed E-state index contributed by atoms with van der Waals surface area (Å²) in [5.74, 6) is 0.929. The third-order valence-electron chi connectivity index (χ3n) is 6.71. The second kappa shape index (κ2) is 10.7. The van der Waals surface area contributed by atoms with Crippen LogP contribution in [0.1, 0.15) is 75.9 Å². The Balaban J connectivity index is 1.80. The molecule has 0 N–H and O–H groups in total. The molecule has 0 saturated carbocycles. The predicted octanol–water partition coefficient (Wildman–Crippen LogP) is 6.56. The van der Waals surface area contributed by atoms with Gasteiger partial charge in [-0.3, -0.25) is 4.79 Å². The van der Waals surface area contributed by atoms with Crippen molar-refractivity contribution >= 4 is 27.3 Å². The van der Waals surface area contributed by atoms with Crippen LogP contribution in [0.25, 0.3) is 0 Å². The minimum absolute atomic E-state index is 0.00626. The third kappa shape index (κ3) is 7.04. The largest absolute Gasteiger partial charge is 0.496 e. The van der Waals surface area contributed by atoms with Crippen molar-refractivity contribution in [1.82, 2.24) is 4.90 Å². The van der Waals surface area contributed by atoms with E-state index in [2.05, 4.69) is 41.5 Å². The zero-order chi connectivity index (χ0) is 26.9. The van der Waals surface area contributed by atoms with E-state index in [1.807, 2.05) is 17.0 Å². The van der Waals surface area contributed by atoms with Gasteiger partial charge in [0.1, 0.15) is 5.75 Å². The van der Waals surface area contributed by atoms with Gasteiger partial charge < -0.3 is 9.64 Å². The first-order chi connectivity index (χ1) is 16.6. The van der Waals surface area contributed by atoms with Crippen LogP contribution < -0.4 is 4.74 Å². The number of methoxy groups -OCH3 is 1. The lowest BCUT2D eigenvalue weighted by atomic mass is 9.80. The summed E-state index contributed by atoms with van der Waals surface area (Å²) in [7, 11) is -1.72. The van der Waals surface area contributed by atoms with Gasteiger partial charge in [-0.2, -0.15) is 0 Å². The van der Waals surface area contributed by atoms with Crippen LogP contribution in [-0.2, 0) is 21.7 Å². The fourth-order valence-corrected chi connectivity index (χ4v) is 6.64. The van der Waals surface area contributed by atoms with Crippen molar-refractivity contribution in [2.75, 3.05) is 26.0 Å². The molecule has 5 nitrogen and oxygen atoms in total. The lowest BCUT2D eigenvalue weighted by molar-refractivity contribution is 0.0696.